The van der Waals surface area contributed by atoms with E-state index in [1.807, 2.05) is 15.7 Å². The maximum absolute atomic E-state index is 12.9. The number of nitrogens with zero attached hydrogens (tertiary/aromatic N) is 4. The molecule has 2 saturated heterocycles. The fraction of sp³-hybridized carbons (Fsp3) is 0.750. The van der Waals surface area contributed by atoms with Crippen LogP contribution < -0.4 is 0 Å². The van der Waals surface area contributed by atoms with E-state index < -0.39 is 0 Å². The summed E-state index contributed by atoms with van der Waals surface area (Å²) in [5.74, 6) is 2.19. The summed E-state index contributed by atoms with van der Waals surface area (Å²) in [5, 5.41) is 0. The van der Waals surface area contributed by atoms with Crippen molar-refractivity contribution in [2.45, 2.75) is 58.4 Å². The minimum atomic E-state index is 0.110. The van der Waals surface area contributed by atoms with E-state index in [0.717, 1.165) is 63.6 Å². The minimum Gasteiger partial charge on any atom is -0.342 e. The van der Waals surface area contributed by atoms with E-state index in [1.54, 1.807) is 6.20 Å². The smallest absolute Gasteiger partial charge is 0.242 e. The van der Waals surface area contributed by atoms with Crippen LogP contribution in [0.1, 0.15) is 51.3 Å². The van der Waals surface area contributed by atoms with E-state index in [2.05, 4.69) is 16.8 Å². The number of imidazole rings is 1. The van der Waals surface area contributed by atoms with Gasteiger partial charge in [0, 0.05) is 56.8 Å². The third-order valence-electron chi connectivity index (χ3n) is 6.36. The molecule has 0 N–H and O–H groups in total. The molecule has 1 saturated carbocycles. The van der Waals surface area contributed by atoms with Crippen molar-refractivity contribution in [2.75, 3.05) is 26.2 Å². The lowest BCUT2D eigenvalue weighted by molar-refractivity contribution is -0.143. The van der Waals surface area contributed by atoms with Gasteiger partial charge < -0.3 is 14.4 Å². The summed E-state index contributed by atoms with van der Waals surface area (Å²) >= 11 is 0. The van der Waals surface area contributed by atoms with Crippen LogP contribution in [-0.2, 0) is 22.6 Å². The molecule has 4 rings (SSSR count). The van der Waals surface area contributed by atoms with Crippen molar-refractivity contribution in [2.24, 2.45) is 11.3 Å². The quantitative estimate of drug-likeness (QED) is 0.810. The summed E-state index contributed by atoms with van der Waals surface area (Å²) in [6, 6.07) is 0. The normalized spacial score (nSPS) is 26.6. The Morgan fingerprint density at radius 3 is 2.92 bits per heavy atom. The van der Waals surface area contributed by atoms with Gasteiger partial charge in [-0.2, -0.15) is 0 Å². The van der Waals surface area contributed by atoms with Crippen LogP contribution in [0.5, 0.6) is 0 Å². The molecule has 0 bridgehead atoms. The highest BCUT2D eigenvalue weighted by molar-refractivity contribution is 5.78. The van der Waals surface area contributed by atoms with Crippen molar-refractivity contribution in [1.29, 1.82) is 0 Å². The first-order chi connectivity index (χ1) is 12.6. The Balaban J connectivity index is 1.41. The van der Waals surface area contributed by atoms with E-state index in [-0.39, 0.29) is 11.3 Å². The number of hydrogen-bond donors (Lipinski definition) is 0. The summed E-state index contributed by atoms with van der Waals surface area (Å²) in [6.07, 6.45) is 10.8. The number of amides is 2. The standard InChI is InChI=1S/C20H30N4O2/c1-2-17-21-9-11-22(17)13-19(26)23-10-3-7-20(14-23)8-6-18(25)24(15-20)12-16-4-5-16/h9,11,16H,2-8,10,12-15H2,1H3. The Morgan fingerprint density at radius 2 is 2.15 bits per heavy atom. The second-order valence-electron chi connectivity index (χ2n) is 8.46. The van der Waals surface area contributed by atoms with Gasteiger partial charge in [-0.3, -0.25) is 9.59 Å². The second-order valence-corrected chi connectivity index (χ2v) is 8.46. The molecule has 142 valence electrons. The highest BCUT2D eigenvalue weighted by Crippen LogP contribution is 2.40. The number of likely N-dealkylation sites (tertiary alicyclic amines) is 2. The molecule has 1 spiro atoms. The molecular weight excluding hydrogens is 328 g/mol. The molecule has 3 heterocycles. The van der Waals surface area contributed by atoms with E-state index >= 15 is 0 Å². The number of rotatable bonds is 5. The molecule has 3 fully saturated rings. The summed E-state index contributed by atoms with van der Waals surface area (Å²) in [7, 11) is 0. The topological polar surface area (TPSA) is 58.4 Å². The third-order valence-corrected chi connectivity index (χ3v) is 6.36. The number of aromatic nitrogens is 2. The Labute approximate surface area is 155 Å². The van der Waals surface area contributed by atoms with Crippen molar-refractivity contribution in [3.8, 4) is 0 Å². The van der Waals surface area contributed by atoms with Gasteiger partial charge in [-0.25, -0.2) is 4.98 Å². The maximum atomic E-state index is 12.9. The van der Waals surface area contributed by atoms with Crippen molar-refractivity contribution in [3.05, 3.63) is 18.2 Å². The monoisotopic (exact) mass is 358 g/mol. The number of hydrogen-bond acceptors (Lipinski definition) is 3. The Hall–Kier alpha value is -1.85. The zero-order chi connectivity index (χ0) is 18.1. The molecular formula is C20H30N4O2. The van der Waals surface area contributed by atoms with Crippen LogP contribution in [0.15, 0.2) is 12.4 Å². The lowest BCUT2D eigenvalue weighted by Gasteiger charge is -2.48. The summed E-state index contributed by atoms with van der Waals surface area (Å²) in [6.45, 7) is 5.86. The first-order valence-electron chi connectivity index (χ1n) is 10.1. The molecule has 2 aliphatic heterocycles. The molecule has 6 heteroatoms. The SMILES string of the molecule is CCc1nccn1CC(=O)N1CCCC2(CCC(=O)N(CC3CC3)C2)C1. The van der Waals surface area contributed by atoms with Crippen molar-refractivity contribution in [1.82, 2.24) is 19.4 Å². The summed E-state index contributed by atoms with van der Waals surface area (Å²) < 4.78 is 1.97. The van der Waals surface area contributed by atoms with Crippen LogP contribution in [-0.4, -0.2) is 57.3 Å². The zero-order valence-electron chi connectivity index (χ0n) is 15.8. The molecule has 0 radical (unpaired) electrons. The number of piperidine rings is 2. The largest absolute Gasteiger partial charge is 0.342 e. The highest BCUT2D eigenvalue weighted by Gasteiger charge is 2.43. The molecule has 1 aromatic heterocycles. The Kier molecular flexibility index (Phi) is 4.76. The Bertz CT molecular complexity index is 681. The summed E-state index contributed by atoms with van der Waals surface area (Å²) in [5.41, 5.74) is 0.110. The van der Waals surface area contributed by atoms with Crippen LogP contribution in [0.3, 0.4) is 0 Å². The van der Waals surface area contributed by atoms with Gasteiger partial charge in [0.05, 0.1) is 0 Å². The van der Waals surface area contributed by atoms with E-state index in [4.69, 9.17) is 0 Å². The van der Waals surface area contributed by atoms with Crippen molar-refractivity contribution >= 4 is 11.8 Å². The molecule has 1 atom stereocenters. The van der Waals surface area contributed by atoms with Gasteiger partial charge in [0.1, 0.15) is 12.4 Å². The fourth-order valence-corrected chi connectivity index (χ4v) is 4.68. The van der Waals surface area contributed by atoms with Gasteiger partial charge in [0.25, 0.3) is 0 Å². The molecule has 0 aromatic carbocycles. The molecule has 3 aliphatic rings. The third kappa shape index (κ3) is 3.64. The van der Waals surface area contributed by atoms with Crippen LogP contribution in [0.2, 0.25) is 0 Å². The molecule has 1 aromatic rings. The van der Waals surface area contributed by atoms with E-state index in [9.17, 15) is 9.59 Å². The zero-order valence-corrected chi connectivity index (χ0v) is 15.8. The van der Waals surface area contributed by atoms with Crippen LogP contribution in [0.25, 0.3) is 0 Å². The van der Waals surface area contributed by atoms with Crippen LogP contribution in [0.4, 0.5) is 0 Å². The molecule has 26 heavy (non-hydrogen) atoms. The van der Waals surface area contributed by atoms with Crippen LogP contribution in [0, 0.1) is 11.3 Å². The molecule has 6 nitrogen and oxygen atoms in total. The average Bonchev–Trinajstić information content (AvgIpc) is 3.34. The van der Waals surface area contributed by atoms with Gasteiger partial charge in [-0.15, -0.1) is 0 Å². The maximum Gasteiger partial charge on any atom is 0.242 e. The van der Waals surface area contributed by atoms with Gasteiger partial charge >= 0.3 is 0 Å². The first-order valence-corrected chi connectivity index (χ1v) is 10.1. The van der Waals surface area contributed by atoms with Gasteiger partial charge in [-0.1, -0.05) is 6.92 Å². The Morgan fingerprint density at radius 1 is 1.31 bits per heavy atom. The van der Waals surface area contributed by atoms with E-state index in [0.29, 0.717) is 18.9 Å². The minimum absolute atomic E-state index is 0.110. The number of carbonyl (C=O) groups excluding carboxylic acids is 2. The first kappa shape index (κ1) is 17.6. The van der Waals surface area contributed by atoms with E-state index in [1.165, 1.54) is 12.8 Å². The lowest BCUT2D eigenvalue weighted by atomic mass is 9.73. The van der Waals surface area contributed by atoms with Crippen molar-refractivity contribution < 1.29 is 9.59 Å². The molecule has 2 amide bonds. The molecule has 1 unspecified atom stereocenters. The van der Waals surface area contributed by atoms with Gasteiger partial charge in [0.2, 0.25) is 11.8 Å². The predicted molar refractivity (Wildman–Crippen MR) is 98.4 cm³/mol. The van der Waals surface area contributed by atoms with Crippen molar-refractivity contribution in [3.63, 3.8) is 0 Å². The van der Waals surface area contributed by atoms with Gasteiger partial charge in [0.15, 0.2) is 0 Å². The molecule has 1 aliphatic carbocycles. The number of carbonyl (C=O) groups is 2. The second kappa shape index (κ2) is 7.05. The lowest BCUT2D eigenvalue weighted by Crippen LogP contribution is -2.55. The van der Waals surface area contributed by atoms with Crippen LogP contribution >= 0.6 is 0 Å². The predicted octanol–water partition coefficient (Wildman–Crippen LogP) is 2.09. The average molecular weight is 358 g/mol. The number of aryl methyl sites for hydroxylation is 1. The summed E-state index contributed by atoms with van der Waals surface area (Å²) in [4.78, 5) is 33.7. The fourth-order valence-electron chi connectivity index (χ4n) is 4.68. The van der Waals surface area contributed by atoms with Gasteiger partial charge in [-0.05, 0) is 38.0 Å². The highest BCUT2D eigenvalue weighted by atomic mass is 16.2.